The fourth-order valence-electron chi connectivity index (χ4n) is 2.60. The maximum atomic E-state index is 11.6. The number of rotatable bonds is 3. The molecule has 3 rings (SSSR count). The van der Waals surface area contributed by atoms with Gasteiger partial charge in [0.2, 0.25) is 0 Å². The van der Waals surface area contributed by atoms with E-state index in [1.165, 1.54) is 17.1 Å². The molecule has 4 atom stereocenters. The number of primary amides is 1. The molecule has 2 aromatic heterocycles. The number of ether oxygens (including phenoxy) is 1. The van der Waals surface area contributed by atoms with E-state index in [2.05, 4.69) is 9.97 Å². The lowest BCUT2D eigenvalue weighted by atomic mass is 10.1. The summed E-state index contributed by atoms with van der Waals surface area (Å²) in [5.41, 5.74) is 5.85. The second kappa shape index (κ2) is 5.41. The van der Waals surface area contributed by atoms with E-state index in [9.17, 15) is 15.0 Å². The van der Waals surface area contributed by atoms with E-state index >= 15 is 0 Å². The van der Waals surface area contributed by atoms with Gasteiger partial charge in [0, 0.05) is 6.20 Å². The summed E-state index contributed by atoms with van der Waals surface area (Å²) in [5, 5.41) is 29.5. The van der Waals surface area contributed by atoms with Gasteiger partial charge in [0.15, 0.2) is 6.23 Å². The van der Waals surface area contributed by atoms with E-state index in [0.717, 1.165) is 0 Å². The quantitative estimate of drug-likeness (QED) is 0.445. The van der Waals surface area contributed by atoms with Gasteiger partial charge >= 0.3 is 0 Å². The van der Waals surface area contributed by atoms with Gasteiger partial charge in [0.1, 0.15) is 28.6 Å². The van der Waals surface area contributed by atoms with Crippen LogP contribution in [0.5, 0.6) is 0 Å². The highest BCUT2D eigenvalue weighted by molar-refractivity contribution is 7.71. The van der Waals surface area contributed by atoms with Crippen LogP contribution in [-0.4, -0.2) is 60.7 Å². The van der Waals surface area contributed by atoms with Crippen molar-refractivity contribution in [1.29, 1.82) is 0 Å². The molecule has 1 amide bonds. The molecular weight excluding hydrogens is 312 g/mol. The molecule has 22 heavy (non-hydrogen) atoms. The van der Waals surface area contributed by atoms with Gasteiger partial charge in [-0.25, -0.2) is 4.98 Å². The lowest BCUT2D eigenvalue weighted by Crippen LogP contribution is -2.33. The van der Waals surface area contributed by atoms with Crippen LogP contribution in [0.3, 0.4) is 0 Å². The molecule has 0 unspecified atom stereocenters. The number of hydrogen-bond donors (Lipinski definition) is 5. The molecule has 3 heterocycles. The molecule has 118 valence electrons. The van der Waals surface area contributed by atoms with E-state index < -0.39 is 37.1 Å². The van der Waals surface area contributed by atoms with Gasteiger partial charge in [-0.15, -0.1) is 0 Å². The number of amides is 1. The maximum Gasteiger partial charge on any atom is 0.251 e. The van der Waals surface area contributed by atoms with Crippen molar-refractivity contribution in [2.75, 3.05) is 6.61 Å². The number of aromatic amines is 1. The van der Waals surface area contributed by atoms with Gasteiger partial charge in [0.05, 0.1) is 23.9 Å². The smallest absolute Gasteiger partial charge is 0.251 e. The third-order valence-electron chi connectivity index (χ3n) is 3.69. The zero-order valence-corrected chi connectivity index (χ0v) is 12.0. The Kier molecular flexibility index (Phi) is 3.70. The van der Waals surface area contributed by atoms with Crippen molar-refractivity contribution in [3.63, 3.8) is 0 Å². The molecule has 2 aromatic rings. The van der Waals surface area contributed by atoms with E-state index in [0.29, 0.717) is 11.0 Å². The number of aliphatic hydroxyl groups is 3. The Balaban J connectivity index is 2.18. The predicted octanol–water partition coefficient (Wildman–Crippen LogP) is -1.20. The van der Waals surface area contributed by atoms with Crippen LogP contribution in [0.25, 0.3) is 11.0 Å². The van der Waals surface area contributed by atoms with E-state index in [-0.39, 0.29) is 10.2 Å². The van der Waals surface area contributed by atoms with Gasteiger partial charge in [-0.1, -0.05) is 12.2 Å². The number of aliphatic hydroxyl groups excluding tert-OH is 3. The normalized spacial score (nSPS) is 28.3. The monoisotopic (exact) mass is 326 g/mol. The summed E-state index contributed by atoms with van der Waals surface area (Å²) in [6.07, 6.45) is -1.76. The van der Waals surface area contributed by atoms with Crippen molar-refractivity contribution in [1.82, 2.24) is 14.5 Å². The van der Waals surface area contributed by atoms with Gasteiger partial charge < -0.3 is 35.3 Å². The minimum absolute atomic E-state index is 0.127. The van der Waals surface area contributed by atoms with E-state index in [4.69, 9.17) is 27.8 Å². The number of nitrogens with two attached hydrogens (primary N) is 1. The third-order valence-corrected chi connectivity index (χ3v) is 4.00. The number of nitrogens with zero attached hydrogens (tertiary/aromatic N) is 2. The second-order valence-corrected chi connectivity index (χ2v) is 5.36. The molecule has 0 bridgehead atoms. The number of carbonyl (C=O) groups is 1. The molecule has 9 nitrogen and oxygen atoms in total. The molecule has 0 radical (unpaired) electrons. The van der Waals surface area contributed by atoms with Crippen LogP contribution >= 0.6 is 12.2 Å². The second-order valence-electron chi connectivity index (χ2n) is 4.97. The fraction of sp³-hybridized carbons (Fsp3) is 0.417. The molecule has 0 saturated carbocycles. The first-order chi connectivity index (χ1) is 10.5. The Morgan fingerprint density at radius 3 is 2.82 bits per heavy atom. The van der Waals surface area contributed by atoms with E-state index in [1.807, 2.05) is 0 Å². The average molecular weight is 326 g/mol. The largest absolute Gasteiger partial charge is 0.394 e. The zero-order valence-electron chi connectivity index (χ0n) is 11.2. The minimum Gasteiger partial charge on any atom is -0.394 e. The molecule has 0 aromatic carbocycles. The summed E-state index contributed by atoms with van der Waals surface area (Å²) < 4.78 is 7.04. The SMILES string of the molecule is NC(=O)c1cn([C@@H]2O[C@H](CO)[C@@H](O)[C@H]2O)c2[nH]cnc(=S)c12. The molecule has 0 aliphatic carbocycles. The molecule has 1 saturated heterocycles. The zero-order chi connectivity index (χ0) is 16.0. The van der Waals surface area contributed by atoms with Crippen molar-refractivity contribution in [2.24, 2.45) is 5.73 Å². The van der Waals surface area contributed by atoms with Crippen LogP contribution in [0.2, 0.25) is 0 Å². The summed E-state index contributed by atoms with van der Waals surface area (Å²) in [6, 6.07) is 0. The Morgan fingerprint density at radius 2 is 2.23 bits per heavy atom. The van der Waals surface area contributed by atoms with Crippen LogP contribution in [0, 0.1) is 4.64 Å². The van der Waals surface area contributed by atoms with Crippen molar-refractivity contribution in [3.05, 3.63) is 22.7 Å². The van der Waals surface area contributed by atoms with Crippen LogP contribution in [0.4, 0.5) is 0 Å². The topological polar surface area (TPSA) is 147 Å². The number of aromatic nitrogens is 3. The highest BCUT2D eigenvalue weighted by Gasteiger charge is 2.44. The van der Waals surface area contributed by atoms with Gasteiger partial charge in [-0.3, -0.25) is 4.79 Å². The van der Waals surface area contributed by atoms with Gasteiger partial charge in [0.25, 0.3) is 5.91 Å². The first kappa shape index (κ1) is 15.1. The van der Waals surface area contributed by atoms with Crippen LogP contribution in [0.15, 0.2) is 12.5 Å². The number of hydrogen-bond acceptors (Lipinski definition) is 7. The summed E-state index contributed by atoms with van der Waals surface area (Å²) in [5.74, 6) is -0.706. The Hall–Kier alpha value is -1.85. The van der Waals surface area contributed by atoms with Crippen molar-refractivity contribution in [2.45, 2.75) is 24.5 Å². The highest BCUT2D eigenvalue weighted by Crippen LogP contribution is 2.33. The summed E-state index contributed by atoms with van der Waals surface area (Å²) in [4.78, 5) is 18.3. The lowest BCUT2D eigenvalue weighted by Gasteiger charge is -2.17. The highest BCUT2D eigenvalue weighted by atomic mass is 32.1. The predicted molar refractivity (Wildman–Crippen MR) is 76.4 cm³/mol. The minimum atomic E-state index is -1.29. The molecule has 1 aliphatic heterocycles. The summed E-state index contributed by atoms with van der Waals surface area (Å²) in [6.45, 7) is -0.450. The Morgan fingerprint density at radius 1 is 1.50 bits per heavy atom. The third kappa shape index (κ3) is 2.12. The number of carbonyl (C=O) groups excluding carboxylic acids is 1. The molecule has 1 fully saturated rings. The lowest BCUT2D eigenvalue weighted by molar-refractivity contribution is -0.0509. The summed E-state index contributed by atoms with van der Waals surface area (Å²) >= 11 is 5.10. The van der Waals surface area contributed by atoms with E-state index in [1.54, 1.807) is 0 Å². The Bertz CT molecular complexity index is 787. The summed E-state index contributed by atoms with van der Waals surface area (Å²) in [7, 11) is 0. The fourth-order valence-corrected chi connectivity index (χ4v) is 2.86. The van der Waals surface area contributed by atoms with Crippen LogP contribution in [0.1, 0.15) is 16.6 Å². The molecular formula is C12H14N4O5S. The first-order valence-corrected chi connectivity index (χ1v) is 6.87. The van der Waals surface area contributed by atoms with Crippen LogP contribution in [-0.2, 0) is 4.74 Å². The molecule has 1 aliphatic rings. The average Bonchev–Trinajstić information content (AvgIpc) is 3.00. The van der Waals surface area contributed by atoms with Gasteiger partial charge in [-0.2, -0.15) is 0 Å². The standard InChI is InChI=1S/C12H14N4O5S/c13-9(20)4-1-16(10-6(4)11(22)15-3-14-10)12-8(19)7(18)5(2-17)21-12/h1,3,5,7-8,12,17-19H,2H2,(H2,13,20)(H,14,15,22)/t5-,7-,8-,12-/m1/s1. The molecule has 0 spiro atoms. The molecule has 10 heteroatoms. The molecule has 6 N–H and O–H groups in total. The van der Waals surface area contributed by atoms with Crippen molar-refractivity contribution >= 4 is 29.2 Å². The van der Waals surface area contributed by atoms with Gasteiger partial charge in [-0.05, 0) is 0 Å². The first-order valence-electron chi connectivity index (χ1n) is 6.46. The van der Waals surface area contributed by atoms with Crippen molar-refractivity contribution in [3.8, 4) is 0 Å². The van der Waals surface area contributed by atoms with Crippen molar-refractivity contribution < 1.29 is 24.9 Å². The Labute approximate surface area is 129 Å². The van der Waals surface area contributed by atoms with Crippen LogP contribution < -0.4 is 5.73 Å². The number of fused-ring (bicyclic) bond motifs is 1. The number of nitrogens with one attached hydrogen (secondary N) is 1. The maximum absolute atomic E-state index is 11.6. The number of H-pyrrole nitrogens is 1.